The summed E-state index contributed by atoms with van der Waals surface area (Å²) in [5.41, 5.74) is 2.92. The quantitative estimate of drug-likeness (QED) is 0.684. The molecule has 7 heteroatoms. The molecule has 1 fully saturated rings. The van der Waals surface area contributed by atoms with Crippen molar-refractivity contribution in [1.82, 2.24) is 19.8 Å². The number of carboxylic acid groups (broad SMARTS) is 1. The van der Waals surface area contributed by atoms with Crippen LogP contribution in [-0.2, 0) is 11.3 Å². The summed E-state index contributed by atoms with van der Waals surface area (Å²) in [7, 11) is 1.62. The van der Waals surface area contributed by atoms with E-state index in [0.29, 0.717) is 13.1 Å². The van der Waals surface area contributed by atoms with E-state index in [2.05, 4.69) is 14.9 Å². The predicted molar refractivity (Wildman–Crippen MR) is 106 cm³/mol. The van der Waals surface area contributed by atoms with E-state index in [1.54, 1.807) is 19.5 Å². The summed E-state index contributed by atoms with van der Waals surface area (Å²) in [6.07, 6.45) is 5.42. The van der Waals surface area contributed by atoms with E-state index in [-0.39, 0.29) is 0 Å². The third-order valence-corrected chi connectivity index (χ3v) is 5.38. The van der Waals surface area contributed by atoms with Crippen molar-refractivity contribution in [3.8, 4) is 5.75 Å². The SMILES string of the molecule is COc1ccc2[nH]cc(C(C(=O)O)N3CCN(Cc4ccncc4)CC3)c2c1. The molecule has 2 aromatic heterocycles. The van der Waals surface area contributed by atoms with Gasteiger partial charge < -0.3 is 14.8 Å². The number of carbonyl (C=O) groups is 1. The first kappa shape index (κ1) is 18.5. The Kier molecular flexibility index (Phi) is 5.27. The zero-order chi connectivity index (χ0) is 19.5. The number of aliphatic carboxylic acids is 1. The van der Waals surface area contributed by atoms with Crippen LogP contribution in [0.1, 0.15) is 17.2 Å². The fourth-order valence-electron chi connectivity index (χ4n) is 3.89. The van der Waals surface area contributed by atoms with Crippen LogP contribution in [0, 0.1) is 0 Å². The normalized spacial score (nSPS) is 16.9. The van der Waals surface area contributed by atoms with Gasteiger partial charge in [-0.1, -0.05) is 0 Å². The maximum atomic E-state index is 12.2. The highest BCUT2D eigenvalue weighted by atomic mass is 16.5. The number of piperazine rings is 1. The fourth-order valence-corrected chi connectivity index (χ4v) is 3.89. The molecule has 2 N–H and O–H groups in total. The predicted octanol–water partition coefficient (Wildman–Crippen LogP) is 2.52. The summed E-state index contributed by atoms with van der Waals surface area (Å²) < 4.78 is 5.32. The lowest BCUT2D eigenvalue weighted by atomic mass is 10.0. The number of rotatable bonds is 6. The fraction of sp³-hybridized carbons (Fsp3) is 0.333. The van der Waals surface area contributed by atoms with Crippen LogP contribution in [0.3, 0.4) is 0 Å². The Morgan fingerprint density at radius 1 is 1.21 bits per heavy atom. The average Bonchev–Trinajstić information content (AvgIpc) is 3.13. The highest BCUT2D eigenvalue weighted by Crippen LogP contribution is 2.31. The third kappa shape index (κ3) is 3.72. The monoisotopic (exact) mass is 380 g/mol. The number of methoxy groups -OCH3 is 1. The van der Waals surface area contributed by atoms with Gasteiger partial charge >= 0.3 is 5.97 Å². The maximum Gasteiger partial charge on any atom is 0.325 e. The number of pyridine rings is 1. The molecule has 4 rings (SSSR count). The molecule has 7 nitrogen and oxygen atoms in total. The van der Waals surface area contributed by atoms with Gasteiger partial charge in [0.05, 0.1) is 7.11 Å². The number of aromatic nitrogens is 2. The van der Waals surface area contributed by atoms with Gasteiger partial charge in [0.1, 0.15) is 11.8 Å². The molecule has 1 atom stereocenters. The molecule has 1 saturated heterocycles. The molecule has 0 aliphatic carbocycles. The highest BCUT2D eigenvalue weighted by molar-refractivity contribution is 5.90. The van der Waals surface area contributed by atoms with Gasteiger partial charge in [-0.15, -0.1) is 0 Å². The summed E-state index contributed by atoms with van der Waals surface area (Å²) in [5.74, 6) is -0.106. The number of nitrogens with one attached hydrogen (secondary N) is 1. The molecule has 28 heavy (non-hydrogen) atoms. The van der Waals surface area contributed by atoms with Crippen LogP contribution in [0.5, 0.6) is 5.75 Å². The number of hydrogen-bond donors (Lipinski definition) is 2. The topological polar surface area (TPSA) is 81.7 Å². The number of H-pyrrole nitrogens is 1. The molecular weight excluding hydrogens is 356 g/mol. The van der Waals surface area contributed by atoms with Crippen LogP contribution >= 0.6 is 0 Å². The molecule has 0 spiro atoms. The molecule has 1 aromatic carbocycles. The number of nitrogens with zero attached hydrogens (tertiary/aromatic N) is 3. The van der Waals surface area contributed by atoms with Crippen molar-refractivity contribution >= 4 is 16.9 Å². The second kappa shape index (κ2) is 8.00. The lowest BCUT2D eigenvalue weighted by molar-refractivity contribution is -0.144. The lowest BCUT2D eigenvalue weighted by Crippen LogP contribution is -2.48. The smallest absolute Gasteiger partial charge is 0.325 e. The van der Waals surface area contributed by atoms with Crippen molar-refractivity contribution < 1.29 is 14.6 Å². The molecule has 0 radical (unpaired) electrons. The summed E-state index contributed by atoms with van der Waals surface area (Å²) in [4.78, 5) is 23.8. The molecule has 146 valence electrons. The molecule has 3 heterocycles. The minimum Gasteiger partial charge on any atom is -0.497 e. The first-order valence-electron chi connectivity index (χ1n) is 9.39. The van der Waals surface area contributed by atoms with Crippen LogP contribution in [0.2, 0.25) is 0 Å². The van der Waals surface area contributed by atoms with Gasteiger partial charge in [0.2, 0.25) is 0 Å². The second-order valence-electron chi connectivity index (χ2n) is 7.06. The Hall–Kier alpha value is -2.90. The van der Waals surface area contributed by atoms with Gasteiger partial charge in [0.15, 0.2) is 0 Å². The van der Waals surface area contributed by atoms with Crippen LogP contribution in [0.25, 0.3) is 10.9 Å². The molecule has 1 unspecified atom stereocenters. The summed E-state index contributed by atoms with van der Waals surface area (Å²) in [6.45, 7) is 3.94. The largest absolute Gasteiger partial charge is 0.497 e. The number of fused-ring (bicyclic) bond motifs is 1. The first-order valence-corrected chi connectivity index (χ1v) is 9.39. The summed E-state index contributed by atoms with van der Waals surface area (Å²) >= 11 is 0. The van der Waals surface area contributed by atoms with Crippen LogP contribution in [-0.4, -0.2) is 64.1 Å². The van der Waals surface area contributed by atoms with Crippen LogP contribution < -0.4 is 4.74 Å². The Balaban J connectivity index is 1.51. The Bertz CT molecular complexity index is 949. The number of hydrogen-bond acceptors (Lipinski definition) is 5. The van der Waals surface area contributed by atoms with Crippen molar-refractivity contribution in [3.05, 3.63) is 60.0 Å². The van der Waals surface area contributed by atoms with E-state index < -0.39 is 12.0 Å². The average molecular weight is 380 g/mol. The Morgan fingerprint density at radius 2 is 1.96 bits per heavy atom. The van der Waals surface area contributed by atoms with Gasteiger partial charge in [0, 0.05) is 67.8 Å². The Labute approximate surface area is 163 Å². The molecule has 0 bridgehead atoms. The van der Waals surface area contributed by atoms with Gasteiger partial charge in [-0.2, -0.15) is 0 Å². The standard InChI is InChI=1S/C21H24N4O3/c1-28-16-2-3-19-17(12-16)18(13-23-19)20(21(26)27)25-10-8-24(9-11-25)14-15-4-6-22-7-5-15/h2-7,12-13,20,23H,8-11,14H2,1H3,(H,26,27). The van der Waals surface area contributed by atoms with E-state index in [1.165, 1.54) is 5.56 Å². The molecule has 1 aliphatic heterocycles. The second-order valence-corrected chi connectivity index (χ2v) is 7.06. The van der Waals surface area contributed by atoms with Crippen LogP contribution in [0.15, 0.2) is 48.9 Å². The molecule has 0 saturated carbocycles. The van der Waals surface area contributed by atoms with Gasteiger partial charge in [-0.3, -0.25) is 19.6 Å². The molecule has 3 aromatic rings. The van der Waals surface area contributed by atoms with E-state index in [4.69, 9.17) is 4.74 Å². The summed E-state index contributed by atoms with van der Waals surface area (Å²) in [5, 5.41) is 10.9. The lowest BCUT2D eigenvalue weighted by Gasteiger charge is -2.37. The third-order valence-electron chi connectivity index (χ3n) is 5.38. The van der Waals surface area contributed by atoms with Gasteiger partial charge in [0.25, 0.3) is 0 Å². The number of aromatic amines is 1. The summed E-state index contributed by atoms with van der Waals surface area (Å²) in [6, 6.07) is 9.05. The number of carboxylic acids is 1. The van der Waals surface area contributed by atoms with Crippen molar-refractivity contribution in [1.29, 1.82) is 0 Å². The Morgan fingerprint density at radius 3 is 2.64 bits per heavy atom. The van der Waals surface area contributed by atoms with E-state index in [1.807, 2.05) is 41.4 Å². The molecule has 1 aliphatic rings. The van der Waals surface area contributed by atoms with Crippen molar-refractivity contribution in [2.45, 2.75) is 12.6 Å². The van der Waals surface area contributed by atoms with Crippen LogP contribution in [0.4, 0.5) is 0 Å². The van der Waals surface area contributed by atoms with E-state index in [0.717, 1.165) is 41.9 Å². The van der Waals surface area contributed by atoms with E-state index >= 15 is 0 Å². The zero-order valence-corrected chi connectivity index (χ0v) is 15.8. The maximum absolute atomic E-state index is 12.2. The zero-order valence-electron chi connectivity index (χ0n) is 15.8. The minimum atomic E-state index is -0.827. The van der Waals surface area contributed by atoms with Crippen molar-refractivity contribution in [3.63, 3.8) is 0 Å². The van der Waals surface area contributed by atoms with E-state index in [9.17, 15) is 9.90 Å². The molecular formula is C21H24N4O3. The number of ether oxygens (including phenoxy) is 1. The van der Waals surface area contributed by atoms with Gasteiger partial charge in [-0.25, -0.2) is 0 Å². The van der Waals surface area contributed by atoms with Crippen molar-refractivity contribution in [2.24, 2.45) is 0 Å². The minimum absolute atomic E-state index is 0.677. The number of benzene rings is 1. The first-order chi connectivity index (χ1) is 13.7. The van der Waals surface area contributed by atoms with Gasteiger partial charge in [-0.05, 0) is 35.9 Å². The molecule has 0 amide bonds. The highest BCUT2D eigenvalue weighted by Gasteiger charge is 2.32. The van der Waals surface area contributed by atoms with Crippen molar-refractivity contribution in [2.75, 3.05) is 33.3 Å².